The van der Waals surface area contributed by atoms with Crippen LogP contribution in [0, 0.1) is 23.7 Å². The van der Waals surface area contributed by atoms with Gasteiger partial charge in [0.2, 0.25) is 0 Å². The molecule has 4 saturated heterocycles. The number of aliphatic hydroxyl groups is 2. The van der Waals surface area contributed by atoms with Crippen LogP contribution in [-0.2, 0) is 56.9 Å². The zero-order valence-corrected chi connectivity index (χ0v) is 41.5. The predicted molar refractivity (Wildman–Crippen MR) is 245 cm³/mol. The number of ether oxygens (including phenoxy) is 11. The van der Waals surface area contributed by atoms with Crippen LogP contribution in [0.3, 0.4) is 0 Å². The second-order valence-electron chi connectivity index (χ2n) is 20.2. The minimum atomic E-state index is -1.85. The molecule has 0 aromatic carbocycles. The van der Waals surface area contributed by atoms with E-state index in [-0.39, 0.29) is 36.9 Å². The molecule has 6 aliphatic heterocycles. The molecule has 2 N–H and O–H groups in total. The normalized spacial score (nSPS) is 46.2. The van der Waals surface area contributed by atoms with Crippen LogP contribution in [-0.4, -0.2) is 159 Å². The maximum absolute atomic E-state index is 14.4. The number of nitrogens with zero attached hydrogens (tertiary/aromatic N) is 1. The maximum atomic E-state index is 14.4. The lowest BCUT2D eigenvalue weighted by atomic mass is 9.71. The largest absolute Gasteiger partial charge is 0.462 e. The zero-order valence-electron chi connectivity index (χ0n) is 41.5. The van der Waals surface area contributed by atoms with Crippen molar-refractivity contribution in [2.24, 2.45) is 23.7 Å². The molecule has 7 rings (SSSR count). The van der Waals surface area contributed by atoms with Crippen LogP contribution >= 0.6 is 0 Å². The van der Waals surface area contributed by atoms with Crippen LogP contribution in [0.4, 0.5) is 4.79 Å². The van der Waals surface area contributed by atoms with Gasteiger partial charge in [-0.05, 0) is 62.8 Å². The van der Waals surface area contributed by atoms with Crippen molar-refractivity contribution in [1.82, 2.24) is 4.90 Å². The molecule has 0 aromatic heterocycles. The maximum Gasteiger partial charge on any atom is 0.409 e. The van der Waals surface area contributed by atoms with Crippen LogP contribution in [0.25, 0.3) is 0 Å². The monoisotopic (exact) mass is 944 g/mol. The summed E-state index contributed by atoms with van der Waals surface area (Å²) in [4.78, 5) is 28.2. The summed E-state index contributed by atoms with van der Waals surface area (Å²) in [6.45, 7) is 16.1. The molecule has 1 spiro atoms. The van der Waals surface area contributed by atoms with Crippen LogP contribution in [0.5, 0.6) is 0 Å². The summed E-state index contributed by atoms with van der Waals surface area (Å²) in [5.41, 5.74) is 0.0926. The number of carbonyl (C=O) groups excluding carboxylic acids is 2. The number of aliphatic hydroxyl groups excluding tert-OH is 1. The molecule has 20 atom stereocenters. The van der Waals surface area contributed by atoms with E-state index < -0.39 is 109 Å². The number of rotatable bonds is 9. The van der Waals surface area contributed by atoms with Crippen molar-refractivity contribution in [3.05, 3.63) is 59.3 Å². The molecule has 0 radical (unpaired) electrons. The number of hydrogen-bond acceptors (Lipinski definition) is 15. The van der Waals surface area contributed by atoms with Gasteiger partial charge >= 0.3 is 12.1 Å². The van der Waals surface area contributed by atoms with Crippen LogP contribution in [0.2, 0.25) is 0 Å². The molecule has 6 heterocycles. The Kier molecular flexibility index (Phi) is 16.7. The standard InChI is InChI=1S/C51H77NO15/c1-13-27(2)44-30(5)19-20-50(67-44)25-36-22-35(66-50)18-17-29(4)43(28(3)15-14-16-34-26-59-47-42(53)31(6)21-37(48(54)62-36)51(34,47)56)63-40-23-38(57-11)45(32(7)60-40)64-41-24-39(58-12)46(33(8)61-41)65-49(55)52(9)10/h14-17,19-21,27-28,30,32-33,35-47,53,56H,13,18,22-26H2,1-12H3/b15-14+,29-17+,34-16+/t27-,28-,30-,32-,33-,35+,36-,37-,38+,39+,40-,41-,42+,43-,44+,45-,46-,47+,50+,51+/m0/s1. The molecule has 16 heteroatoms. The van der Waals surface area contributed by atoms with Gasteiger partial charge in [0, 0.05) is 65.8 Å². The first-order valence-electron chi connectivity index (χ1n) is 24.4. The van der Waals surface area contributed by atoms with Gasteiger partial charge in [-0.25, -0.2) is 4.79 Å². The molecule has 16 nitrogen and oxygen atoms in total. The molecule has 0 saturated carbocycles. The first-order chi connectivity index (χ1) is 31.8. The Bertz CT molecular complexity index is 1900. The summed E-state index contributed by atoms with van der Waals surface area (Å²) >= 11 is 0. The highest BCUT2D eigenvalue weighted by Crippen LogP contribution is 2.47. The summed E-state index contributed by atoms with van der Waals surface area (Å²) in [6.07, 6.45) is 7.71. The van der Waals surface area contributed by atoms with Gasteiger partial charge in [-0.3, -0.25) is 4.79 Å². The van der Waals surface area contributed by atoms with Gasteiger partial charge in [0.05, 0.1) is 43.2 Å². The minimum absolute atomic E-state index is 0.0217. The second-order valence-corrected chi connectivity index (χ2v) is 20.2. The lowest BCUT2D eigenvalue weighted by Crippen LogP contribution is -2.58. The Morgan fingerprint density at radius 1 is 0.910 bits per heavy atom. The molecular formula is C51H77NO15. The lowest BCUT2D eigenvalue weighted by molar-refractivity contribution is -0.318. The van der Waals surface area contributed by atoms with Crippen LogP contribution in [0.1, 0.15) is 93.9 Å². The summed E-state index contributed by atoms with van der Waals surface area (Å²) in [5, 5.41) is 23.8. The number of fused-ring (bicyclic) bond motifs is 2. The molecular weight excluding hydrogens is 867 g/mol. The number of allylic oxidation sites excluding steroid dienone is 2. The zero-order chi connectivity index (χ0) is 48.5. The second kappa shape index (κ2) is 21.6. The first kappa shape index (κ1) is 51.8. The Morgan fingerprint density at radius 2 is 1.58 bits per heavy atom. The SMILES string of the molecule is CC[C@H](C)[C@H]1O[C@]2(C=C[C@@H]1C)C[C@@H]1C[C@@H](C/C=C(\C)[C@@H](O[C@H]3C[C@@H](OC)[C@@H](O[C@H]4C[C@@H](OC)[C@@H](OC(=O)N(C)C)[C@H](C)O4)[C@H](C)O3)[C@@H](C)/C=C/C=C3\CO[C@@H]4[C@H](O)C(C)=C[C@@H](C(=O)O1)[C@]34O)O2. The molecule has 0 aromatic rings. The van der Waals surface area contributed by atoms with E-state index in [0.29, 0.717) is 36.8 Å². The molecule has 376 valence electrons. The van der Waals surface area contributed by atoms with Crippen molar-refractivity contribution in [1.29, 1.82) is 0 Å². The van der Waals surface area contributed by atoms with E-state index in [0.717, 1.165) is 12.0 Å². The topological polar surface area (TPSA) is 179 Å². The highest BCUT2D eigenvalue weighted by molar-refractivity contribution is 5.78. The third kappa shape index (κ3) is 11.0. The van der Waals surface area contributed by atoms with Crippen molar-refractivity contribution in [3.8, 4) is 0 Å². The fourth-order valence-electron chi connectivity index (χ4n) is 10.9. The number of methoxy groups -OCH3 is 2. The van der Waals surface area contributed by atoms with E-state index in [1.54, 1.807) is 47.4 Å². The summed E-state index contributed by atoms with van der Waals surface area (Å²) in [5.74, 6) is -2.63. The van der Waals surface area contributed by atoms with Gasteiger partial charge in [-0.2, -0.15) is 0 Å². The van der Waals surface area contributed by atoms with E-state index >= 15 is 0 Å². The van der Waals surface area contributed by atoms with Gasteiger partial charge in [-0.15, -0.1) is 0 Å². The fraction of sp³-hybridized carbons (Fsp3) is 0.765. The van der Waals surface area contributed by atoms with Gasteiger partial charge in [0.1, 0.15) is 42.0 Å². The number of carbonyl (C=O) groups is 2. The Hall–Kier alpha value is -3.00. The molecule has 7 aliphatic rings. The third-order valence-corrected chi connectivity index (χ3v) is 15.1. The summed E-state index contributed by atoms with van der Waals surface area (Å²) in [6, 6.07) is 0. The van der Waals surface area contributed by atoms with E-state index in [2.05, 4.69) is 39.8 Å². The average Bonchev–Trinajstić information content (AvgIpc) is 3.63. The minimum Gasteiger partial charge on any atom is -0.462 e. The molecule has 67 heavy (non-hydrogen) atoms. The van der Waals surface area contributed by atoms with Gasteiger partial charge in [0.25, 0.3) is 0 Å². The molecule has 2 bridgehead atoms. The smallest absolute Gasteiger partial charge is 0.409 e. The van der Waals surface area contributed by atoms with Crippen molar-refractivity contribution in [2.75, 3.05) is 34.9 Å². The van der Waals surface area contributed by atoms with E-state index in [4.69, 9.17) is 52.1 Å². The van der Waals surface area contributed by atoms with E-state index in [1.807, 2.05) is 39.0 Å². The van der Waals surface area contributed by atoms with Crippen molar-refractivity contribution >= 4 is 12.1 Å². The van der Waals surface area contributed by atoms with Crippen molar-refractivity contribution in [3.63, 3.8) is 0 Å². The predicted octanol–water partition coefficient (Wildman–Crippen LogP) is 6.08. The van der Waals surface area contributed by atoms with Crippen molar-refractivity contribution < 1.29 is 71.9 Å². The average molecular weight is 944 g/mol. The Morgan fingerprint density at radius 3 is 2.25 bits per heavy atom. The van der Waals surface area contributed by atoms with E-state index in [1.165, 1.54) is 4.90 Å². The highest BCUT2D eigenvalue weighted by atomic mass is 16.7. The third-order valence-electron chi connectivity index (χ3n) is 15.1. The summed E-state index contributed by atoms with van der Waals surface area (Å²) in [7, 11) is 6.47. The quantitative estimate of drug-likeness (QED) is 0.201. The number of esters is 1. The number of amides is 1. The molecule has 1 amide bonds. The summed E-state index contributed by atoms with van der Waals surface area (Å²) < 4.78 is 70.1. The fourth-order valence-corrected chi connectivity index (χ4v) is 10.9. The van der Waals surface area contributed by atoms with E-state index in [9.17, 15) is 19.8 Å². The lowest BCUT2D eigenvalue weighted by Gasteiger charge is -2.48. The molecule has 4 fully saturated rings. The number of hydrogen-bond donors (Lipinski definition) is 2. The Labute approximate surface area is 396 Å². The van der Waals surface area contributed by atoms with Crippen LogP contribution in [0.15, 0.2) is 59.3 Å². The highest BCUT2D eigenvalue weighted by Gasteiger charge is 2.60. The molecule has 1 aliphatic carbocycles. The van der Waals surface area contributed by atoms with Crippen LogP contribution < -0.4 is 0 Å². The Balaban J connectivity index is 1.15. The van der Waals surface area contributed by atoms with Gasteiger partial charge < -0.3 is 67.2 Å². The van der Waals surface area contributed by atoms with Gasteiger partial charge in [0.15, 0.2) is 24.5 Å². The first-order valence-corrected chi connectivity index (χ1v) is 24.4. The van der Waals surface area contributed by atoms with Gasteiger partial charge in [-0.1, -0.05) is 70.6 Å². The molecule has 0 unspecified atom stereocenters. The van der Waals surface area contributed by atoms with Crippen molar-refractivity contribution in [2.45, 2.75) is 191 Å².